The highest BCUT2D eigenvalue weighted by molar-refractivity contribution is 9.10. The van der Waals surface area contributed by atoms with E-state index in [0.29, 0.717) is 12.1 Å². The van der Waals surface area contributed by atoms with Crippen molar-refractivity contribution in [2.45, 2.75) is 10.7 Å². The third-order valence-corrected chi connectivity index (χ3v) is 3.37. The molecule has 0 bridgehead atoms. The van der Waals surface area contributed by atoms with Gasteiger partial charge in [0.15, 0.2) is 0 Å². The molecule has 2 atom stereocenters. The fourth-order valence-corrected chi connectivity index (χ4v) is 2.30. The molecule has 0 aliphatic carbocycles. The molecule has 90 valence electrons. The van der Waals surface area contributed by atoms with E-state index < -0.39 is 45.6 Å². The summed E-state index contributed by atoms with van der Waals surface area (Å²) in [5.74, 6) is -6.30. The average Bonchev–Trinajstić information content (AvgIpc) is 2.43. The standard InChI is InChI=1S/C10H5BrF3NO2/c11-8-7(9(16)15-10(8)17)6-4(13)1-3(12)2-5(6)14/h1-2,7-8H,(H,15,16,17). The maximum atomic E-state index is 13.4. The van der Waals surface area contributed by atoms with Gasteiger partial charge >= 0.3 is 0 Å². The topological polar surface area (TPSA) is 46.2 Å². The lowest BCUT2D eigenvalue weighted by molar-refractivity contribution is -0.125. The van der Waals surface area contributed by atoms with Crippen molar-refractivity contribution in [1.82, 2.24) is 5.32 Å². The molecule has 1 heterocycles. The van der Waals surface area contributed by atoms with Gasteiger partial charge < -0.3 is 0 Å². The molecule has 0 radical (unpaired) electrons. The third kappa shape index (κ3) is 1.95. The zero-order valence-electron chi connectivity index (χ0n) is 8.14. The fraction of sp³-hybridized carbons (Fsp3) is 0.200. The van der Waals surface area contributed by atoms with Gasteiger partial charge in [-0.3, -0.25) is 14.9 Å². The number of hydrogen-bond acceptors (Lipinski definition) is 2. The van der Waals surface area contributed by atoms with Gasteiger partial charge in [-0.1, -0.05) is 15.9 Å². The second-order valence-corrected chi connectivity index (χ2v) is 4.50. The highest BCUT2D eigenvalue weighted by Crippen LogP contribution is 2.33. The lowest BCUT2D eigenvalue weighted by Gasteiger charge is -2.12. The number of hydrogen-bond donors (Lipinski definition) is 1. The minimum Gasteiger partial charge on any atom is -0.295 e. The molecule has 1 aliphatic heterocycles. The molecule has 1 saturated heterocycles. The van der Waals surface area contributed by atoms with Crippen molar-refractivity contribution in [3.8, 4) is 0 Å². The van der Waals surface area contributed by atoms with Gasteiger partial charge in [0.2, 0.25) is 11.8 Å². The van der Waals surface area contributed by atoms with Gasteiger partial charge in [0.05, 0.1) is 5.92 Å². The van der Waals surface area contributed by atoms with Crippen LogP contribution in [0.4, 0.5) is 13.2 Å². The predicted octanol–water partition coefficient (Wildman–Crippen LogP) is 1.61. The Morgan fingerprint density at radius 1 is 1.06 bits per heavy atom. The van der Waals surface area contributed by atoms with Crippen LogP contribution in [-0.2, 0) is 9.59 Å². The first-order valence-corrected chi connectivity index (χ1v) is 5.46. The Balaban J connectivity index is 2.54. The van der Waals surface area contributed by atoms with E-state index in [4.69, 9.17) is 0 Å². The molecule has 2 rings (SSSR count). The van der Waals surface area contributed by atoms with Gasteiger partial charge in [0, 0.05) is 17.7 Å². The molecule has 2 unspecified atom stereocenters. The summed E-state index contributed by atoms with van der Waals surface area (Å²) in [6, 6.07) is 0.933. The number of rotatable bonds is 1. The first kappa shape index (κ1) is 12.1. The van der Waals surface area contributed by atoms with Crippen LogP contribution in [0.25, 0.3) is 0 Å². The molecule has 17 heavy (non-hydrogen) atoms. The monoisotopic (exact) mass is 307 g/mol. The van der Waals surface area contributed by atoms with E-state index in [0.717, 1.165) is 0 Å². The second-order valence-electron chi connectivity index (χ2n) is 3.52. The van der Waals surface area contributed by atoms with Gasteiger partial charge in [-0.25, -0.2) is 13.2 Å². The largest absolute Gasteiger partial charge is 0.295 e. The molecule has 2 amide bonds. The van der Waals surface area contributed by atoms with Gasteiger partial charge in [-0.05, 0) is 0 Å². The summed E-state index contributed by atoms with van der Waals surface area (Å²) >= 11 is 2.87. The summed E-state index contributed by atoms with van der Waals surface area (Å²) in [4.78, 5) is 21.5. The van der Waals surface area contributed by atoms with Crippen LogP contribution in [0.15, 0.2) is 12.1 Å². The number of amides is 2. The smallest absolute Gasteiger partial charge is 0.241 e. The van der Waals surface area contributed by atoms with Gasteiger partial charge in [-0.15, -0.1) is 0 Å². The molecule has 1 N–H and O–H groups in total. The summed E-state index contributed by atoms with van der Waals surface area (Å²) in [5.41, 5.74) is -0.614. The van der Waals surface area contributed by atoms with Crippen LogP contribution in [0.3, 0.4) is 0 Å². The molecule has 7 heteroatoms. The molecule has 1 aliphatic rings. The zero-order chi connectivity index (χ0) is 12.7. The van der Waals surface area contributed by atoms with E-state index in [9.17, 15) is 22.8 Å². The normalized spacial score (nSPS) is 24.0. The minimum atomic E-state index is -1.33. The lowest BCUT2D eigenvalue weighted by Crippen LogP contribution is -2.22. The van der Waals surface area contributed by atoms with Crippen LogP contribution in [0.5, 0.6) is 0 Å². The number of carbonyl (C=O) groups excluding carboxylic acids is 2. The molecule has 0 saturated carbocycles. The average molecular weight is 308 g/mol. The Bertz CT molecular complexity index is 497. The summed E-state index contributed by atoms with van der Waals surface area (Å²) in [7, 11) is 0. The predicted molar refractivity (Wildman–Crippen MR) is 54.9 cm³/mol. The number of alkyl halides is 1. The Labute approximate surface area is 102 Å². The molecule has 0 aromatic heterocycles. The molecule has 1 aromatic rings. The number of imide groups is 1. The van der Waals surface area contributed by atoms with Crippen molar-refractivity contribution in [3.05, 3.63) is 35.1 Å². The molecule has 1 fully saturated rings. The first-order valence-electron chi connectivity index (χ1n) is 4.55. The Morgan fingerprint density at radius 2 is 1.59 bits per heavy atom. The van der Waals surface area contributed by atoms with Gasteiger partial charge in [-0.2, -0.15) is 0 Å². The quantitative estimate of drug-likeness (QED) is 0.633. The number of halogens is 4. The van der Waals surface area contributed by atoms with Crippen LogP contribution in [0, 0.1) is 17.5 Å². The van der Waals surface area contributed by atoms with E-state index in [1.165, 1.54) is 0 Å². The SMILES string of the molecule is O=C1NC(=O)C(c2c(F)cc(F)cc2F)C1Br. The van der Waals surface area contributed by atoms with Crippen LogP contribution < -0.4 is 5.32 Å². The molecular weight excluding hydrogens is 303 g/mol. The molecule has 1 aromatic carbocycles. The second kappa shape index (κ2) is 4.14. The van der Waals surface area contributed by atoms with Gasteiger partial charge in [0.25, 0.3) is 0 Å². The Hall–Kier alpha value is -1.37. The van der Waals surface area contributed by atoms with Crippen molar-refractivity contribution in [2.75, 3.05) is 0 Å². The molecular formula is C10H5BrF3NO2. The number of nitrogens with one attached hydrogen (secondary N) is 1. The van der Waals surface area contributed by atoms with Crippen molar-refractivity contribution in [3.63, 3.8) is 0 Å². The van der Waals surface area contributed by atoms with Crippen molar-refractivity contribution in [1.29, 1.82) is 0 Å². The Kier molecular flexibility index (Phi) is 2.94. The van der Waals surface area contributed by atoms with Crippen molar-refractivity contribution < 1.29 is 22.8 Å². The van der Waals surface area contributed by atoms with E-state index >= 15 is 0 Å². The molecule has 0 spiro atoms. The maximum Gasteiger partial charge on any atom is 0.241 e. The summed E-state index contributed by atoms with van der Waals surface area (Å²) < 4.78 is 39.6. The minimum absolute atomic E-state index is 0.466. The summed E-state index contributed by atoms with van der Waals surface area (Å²) in [5, 5.41) is 1.93. The van der Waals surface area contributed by atoms with E-state index in [2.05, 4.69) is 15.9 Å². The van der Waals surface area contributed by atoms with Crippen LogP contribution in [-0.4, -0.2) is 16.6 Å². The van der Waals surface area contributed by atoms with Crippen molar-refractivity contribution in [2.24, 2.45) is 0 Å². The summed E-state index contributed by atoms with van der Waals surface area (Å²) in [6.07, 6.45) is 0. The number of carbonyl (C=O) groups is 2. The van der Waals surface area contributed by atoms with Gasteiger partial charge in [0.1, 0.15) is 22.3 Å². The zero-order valence-corrected chi connectivity index (χ0v) is 9.72. The highest BCUT2D eigenvalue weighted by Gasteiger charge is 2.43. The van der Waals surface area contributed by atoms with Crippen LogP contribution in [0.1, 0.15) is 11.5 Å². The van der Waals surface area contributed by atoms with Crippen molar-refractivity contribution >= 4 is 27.7 Å². The number of benzene rings is 1. The van der Waals surface area contributed by atoms with Crippen LogP contribution in [0.2, 0.25) is 0 Å². The Morgan fingerprint density at radius 3 is 2.00 bits per heavy atom. The van der Waals surface area contributed by atoms with E-state index in [-0.39, 0.29) is 0 Å². The fourth-order valence-electron chi connectivity index (χ4n) is 1.68. The summed E-state index contributed by atoms with van der Waals surface area (Å²) in [6.45, 7) is 0. The van der Waals surface area contributed by atoms with E-state index in [1.807, 2.05) is 5.32 Å². The first-order chi connectivity index (χ1) is 7.91. The highest BCUT2D eigenvalue weighted by atomic mass is 79.9. The third-order valence-electron chi connectivity index (χ3n) is 2.43. The van der Waals surface area contributed by atoms with Crippen LogP contribution >= 0.6 is 15.9 Å². The molecule has 3 nitrogen and oxygen atoms in total. The maximum absolute atomic E-state index is 13.4. The van der Waals surface area contributed by atoms with E-state index in [1.54, 1.807) is 0 Å². The lowest BCUT2D eigenvalue weighted by atomic mass is 9.96.